The molecule has 130 valence electrons. The minimum absolute atomic E-state index is 0.0167. The maximum Gasteiger partial charge on any atom is 0.338 e. The molecule has 2 rings (SSSR count). The quantitative estimate of drug-likeness (QED) is 0.807. The van der Waals surface area contributed by atoms with Crippen molar-refractivity contribution < 1.29 is 24.2 Å². The fraction of sp³-hybridized carbons (Fsp3) is 0.412. The molecular weight excluding hydrogens is 312 g/mol. The van der Waals surface area contributed by atoms with E-state index >= 15 is 0 Å². The van der Waals surface area contributed by atoms with Crippen molar-refractivity contribution in [1.82, 2.24) is 10.2 Å². The van der Waals surface area contributed by atoms with Gasteiger partial charge >= 0.3 is 12.0 Å². The van der Waals surface area contributed by atoms with Gasteiger partial charge in [0.15, 0.2) is 11.5 Å². The highest BCUT2D eigenvalue weighted by Gasteiger charge is 2.36. The summed E-state index contributed by atoms with van der Waals surface area (Å²) in [5, 5.41) is 12.6. The number of urea groups is 1. The highest BCUT2D eigenvalue weighted by molar-refractivity contribution is 5.95. The lowest BCUT2D eigenvalue weighted by atomic mass is 9.94. The molecule has 2 amide bonds. The number of benzene rings is 1. The van der Waals surface area contributed by atoms with Crippen LogP contribution in [0.15, 0.2) is 29.5 Å². The number of phenolic OH excluding ortho intramolecular Hbond substituents is 1. The van der Waals surface area contributed by atoms with E-state index in [1.54, 1.807) is 26.0 Å². The molecule has 1 aliphatic heterocycles. The molecule has 7 heteroatoms. The predicted octanol–water partition coefficient (Wildman–Crippen LogP) is 2.32. The van der Waals surface area contributed by atoms with Crippen LogP contribution >= 0.6 is 0 Å². The van der Waals surface area contributed by atoms with Gasteiger partial charge in [-0.1, -0.05) is 6.07 Å². The summed E-state index contributed by atoms with van der Waals surface area (Å²) in [6.45, 7) is 5.95. The van der Waals surface area contributed by atoms with Gasteiger partial charge in [0.1, 0.15) is 0 Å². The summed E-state index contributed by atoms with van der Waals surface area (Å²) in [6.07, 6.45) is 0. The van der Waals surface area contributed by atoms with Gasteiger partial charge in [0.2, 0.25) is 0 Å². The summed E-state index contributed by atoms with van der Waals surface area (Å²) >= 11 is 0. The van der Waals surface area contributed by atoms with Crippen molar-refractivity contribution in [2.24, 2.45) is 0 Å². The Hall–Kier alpha value is -2.70. The number of rotatable bonds is 5. The summed E-state index contributed by atoms with van der Waals surface area (Å²) in [4.78, 5) is 26.2. The Morgan fingerprint density at radius 1 is 1.38 bits per heavy atom. The van der Waals surface area contributed by atoms with Gasteiger partial charge in [0, 0.05) is 12.2 Å². The van der Waals surface area contributed by atoms with Crippen molar-refractivity contribution in [3.8, 4) is 11.5 Å². The van der Waals surface area contributed by atoms with Gasteiger partial charge in [-0.3, -0.25) is 4.90 Å². The van der Waals surface area contributed by atoms with Crippen molar-refractivity contribution in [2.45, 2.75) is 26.8 Å². The van der Waals surface area contributed by atoms with Crippen molar-refractivity contribution in [1.29, 1.82) is 0 Å². The van der Waals surface area contributed by atoms with Crippen LogP contribution in [0.1, 0.15) is 32.4 Å². The minimum atomic E-state index is -0.672. The molecule has 0 saturated heterocycles. The average Bonchev–Trinajstić information content (AvgIpc) is 2.55. The normalized spacial score (nSPS) is 17.6. The number of allylic oxidation sites excluding steroid dienone is 1. The molecule has 1 heterocycles. The van der Waals surface area contributed by atoms with Crippen molar-refractivity contribution in [2.75, 3.05) is 20.3 Å². The number of esters is 1. The standard InChI is InChI=1S/C17H22N2O5/c1-5-19-10(3)14(16(21)24-6-2)15(18-17(19)22)11-7-8-12(20)13(9-11)23-4/h7-9,15,20H,5-6H2,1-4H3,(H,18,22). The molecule has 7 nitrogen and oxygen atoms in total. The second-order valence-corrected chi connectivity index (χ2v) is 5.28. The zero-order valence-corrected chi connectivity index (χ0v) is 14.3. The molecule has 0 saturated carbocycles. The van der Waals surface area contributed by atoms with Gasteiger partial charge in [-0.15, -0.1) is 0 Å². The van der Waals surface area contributed by atoms with Gasteiger partial charge < -0.3 is 19.9 Å². The highest BCUT2D eigenvalue weighted by Crippen LogP contribution is 2.35. The van der Waals surface area contributed by atoms with Gasteiger partial charge in [-0.2, -0.15) is 0 Å². The number of carbonyl (C=O) groups is 2. The zero-order valence-electron chi connectivity index (χ0n) is 14.3. The van der Waals surface area contributed by atoms with Gasteiger partial charge in [-0.25, -0.2) is 9.59 Å². The van der Waals surface area contributed by atoms with Crippen LogP contribution in [-0.2, 0) is 9.53 Å². The summed E-state index contributed by atoms with van der Waals surface area (Å²) in [7, 11) is 1.43. The lowest BCUT2D eigenvalue weighted by Gasteiger charge is -2.34. The van der Waals surface area contributed by atoms with Crippen LogP contribution in [0.5, 0.6) is 11.5 Å². The van der Waals surface area contributed by atoms with E-state index in [1.165, 1.54) is 18.1 Å². The molecule has 0 spiro atoms. The summed E-state index contributed by atoms with van der Waals surface area (Å²) in [5.74, 6) is -0.233. The molecule has 1 aromatic rings. The zero-order chi connectivity index (χ0) is 17.9. The maximum absolute atomic E-state index is 12.4. The molecule has 0 aromatic heterocycles. The first-order chi connectivity index (χ1) is 11.4. The van der Waals surface area contributed by atoms with Crippen LogP contribution in [0.2, 0.25) is 0 Å². The van der Waals surface area contributed by atoms with E-state index in [0.29, 0.717) is 23.4 Å². The molecule has 0 fully saturated rings. The predicted molar refractivity (Wildman–Crippen MR) is 87.6 cm³/mol. The number of carbonyl (C=O) groups excluding carboxylic acids is 2. The van der Waals surface area contributed by atoms with Crippen LogP contribution in [0.3, 0.4) is 0 Å². The van der Waals surface area contributed by atoms with Crippen molar-refractivity contribution >= 4 is 12.0 Å². The molecule has 0 aliphatic carbocycles. The second-order valence-electron chi connectivity index (χ2n) is 5.28. The first-order valence-electron chi connectivity index (χ1n) is 7.77. The monoisotopic (exact) mass is 334 g/mol. The number of hydrogen-bond donors (Lipinski definition) is 2. The smallest absolute Gasteiger partial charge is 0.338 e. The first-order valence-corrected chi connectivity index (χ1v) is 7.77. The lowest BCUT2D eigenvalue weighted by Crippen LogP contribution is -2.47. The molecule has 1 atom stereocenters. The van der Waals surface area contributed by atoms with Crippen molar-refractivity contribution in [3.05, 3.63) is 35.0 Å². The van der Waals surface area contributed by atoms with Gasteiger partial charge in [-0.05, 0) is 38.5 Å². The van der Waals surface area contributed by atoms with Crippen LogP contribution < -0.4 is 10.1 Å². The third kappa shape index (κ3) is 3.15. The number of ether oxygens (including phenoxy) is 2. The Morgan fingerprint density at radius 3 is 2.67 bits per heavy atom. The molecule has 0 bridgehead atoms. The van der Waals surface area contributed by atoms with E-state index in [1.807, 2.05) is 6.92 Å². The fourth-order valence-corrected chi connectivity index (χ4v) is 2.76. The molecular formula is C17H22N2O5. The van der Waals surface area contributed by atoms with E-state index in [9.17, 15) is 14.7 Å². The SMILES string of the molecule is CCOC(=O)C1=C(C)N(CC)C(=O)NC1c1ccc(O)c(OC)c1. The lowest BCUT2D eigenvalue weighted by molar-refractivity contribution is -0.139. The average molecular weight is 334 g/mol. The fourth-order valence-electron chi connectivity index (χ4n) is 2.76. The number of phenols is 1. The van der Waals surface area contributed by atoms with Crippen LogP contribution in [0.25, 0.3) is 0 Å². The van der Waals surface area contributed by atoms with E-state index in [4.69, 9.17) is 9.47 Å². The summed E-state index contributed by atoms with van der Waals surface area (Å²) in [6, 6.07) is 3.73. The number of nitrogens with zero attached hydrogens (tertiary/aromatic N) is 1. The maximum atomic E-state index is 12.4. The Kier molecular flexibility index (Phi) is 5.33. The number of aromatic hydroxyl groups is 1. The molecule has 1 aromatic carbocycles. The number of hydrogen-bond acceptors (Lipinski definition) is 5. The molecule has 24 heavy (non-hydrogen) atoms. The number of nitrogens with one attached hydrogen (secondary N) is 1. The van der Waals surface area contributed by atoms with Crippen LogP contribution in [0, 0.1) is 0 Å². The molecule has 0 radical (unpaired) electrons. The van der Waals surface area contributed by atoms with E-state index in [-0.39, 0.29) is 24.1 Å². The first kappa shape index (κ1) is 17.7. The Labute approximate surface area is 140 Å². The van der Waals surface area contributed by atoms with Gasteiger partial charge in [0.25, 0.3) is 0 Å². The Bertz CT molecular complexity index is 684. The van der Waals surface area contributed by atoms with Crippen LogP contribution in [-0.4, -0.2) is 42.3 Å². The largest absolute Gasteiger partial charge is 0.504 e. The van der Waals surface area contributed by atoms with E-state index in [0.717, 1.165) is 0 Å². The Morgan fingerprint density at radius 2 is 2.08 bits per heavy atom. The number of amides is 2. The summed E-state index contributed by atoms with van der Waals surface area (Å²) in [5.41, 5.74) is 1.54. The molecule has 2 N–H and O–H groups in total. The molecule has 1 aliphatic rings. The third-order valence-electron chi connectivity index (χ3n) is 3.94. The Balaban J connectivity index is 2.55. The summed E-state index contributed by atoms with van der Waals surface area (Å²) < 4.78 is 10.3. The van der Waals surface area contributed by atoms with Gasteiger partial charge in [0.05, 0.1) is 25.3 Å². The highest BCUT2D eigenvalue weighted by atomic mass is 16.5. The third-order valence-corrected chi connectivity index (χ3v) is 3.94. The van der Waals surface area contributed by atoms with Crippen molar-refractivity contribution in [3.63, 3.8) is 0 Å². The minimum Gasteiger partial charge on any atom is -0.504 e. The van der Waals surface area contributed by atoms with E-state index in [2.05, 4.69) is 5.32 Å². The van der Waals surface area contributed by atoms with Crippen LogP contribution in [0.4, 0.5) is 4.79 Å². The second kappa shape index (κ2) is 7.25. The van der Waals surface area contributed by atoms with E-state index < -0.39 is 12.0 Å². The number of methoxy groups -OCH3 is 1. The topological polar surface area (TPSA) is 88.1 Å². The molecule has 1 unspecified atom stereocenters.